The monoisotopic (exact) mass is 385 g/mol. The van der Waals surface area contributed by atoms with Crippen LogP contribution in [0.15, 0.2) is 53.3 Å². The summed E-state index contributed by atoms with van der Waals surface area (Å²) in [6, 6.07) is 17.6. The number of aryl methyl sites for hydroxylation is 2. The molecular formula is C24H23N3O2. The van der Waals surface area contributed by atoms with Crippen molar-refractivity contribution in [1.82, 2.24) is 9.55 Å². The average molecular weight is 385 g/mol. The van der Waals surface area contributed by atoms with Crippen LogP contribution in [-0.2, 0) is 13.0 Å². The summed E-state index contributed by atoms with van der Waals surface area (Å²) >= 11 is 0. The lowest BCUT2D eigenvalue weighted by atomic mass is 9.96. The van der Waals surface area contributed by atoms with Gasteiger partial charge < -0.3 is 0 Å². The van der Waals surface area contributed by atoms with Gasteiger partial charge in [-0.25, -0.2) is 4.98 Å². The van der Waals surface area contributed by atoms with Crippen molar-refractivity contribution >= 4 is 6.29 Å². The van der Waals surface area contributed by atoms with Crippen molar-refractivity contribution in [2.24, 2.45) is 0 Å². The fourth-order valence-electron chi connectivity index (χ4n) is 3.45. The lowest BCUT2D eigenvalue weighted by molar-refractivity contribution is 0.112. The summed E-state index contributed by atoms with van der Waals surface area (Å²) in [6.45, 7) is 3.96. The highest BCUT2D eigenvalue weighted by atomic mass is 16.1. The summed E-state index contributed by atoms with van der Waals surface area (Å²) in [7, 11) is 0. The molecule has 0 fully saturated rings. The molecule has 0 radical (unpaired) electrons. The van der Waals surface area contributed by atoms with Gasteiger partial charge in [-0.15, -0.1) is 0 Å². The van der Waals surface area contributed by atoms with Gasteiger partial charge >= 0.3 is 0 Å². The third kappa shape index (κ3) is 4.17. The second kappa shape index (κ2) is 9.11. The number of aldehydes is 1. The quantitative estimate of drug-likeness (QED) is 0.569. The van der Waals surface area contributed by atoms with E-state index in [1.54, 1.807) is 6.92 Å². The Bertz CT molecular complexity index is 1130. The second-order valence-corrected chi connectivity index (χ2v) is 6.96. The first-order chi connectivity index (χ1) is 14.1. The Morgan fingerprint density at radius 1 is 1.14 bits per heavy atom. The van der Waals surface area contributed by atoms with E-state index in [1.165, 1.54) is 4.57 Å². The highest BCUT2D eigenvalue weighted by Gasteiger charge is 2.16. The van der Waals surface area contributed by atoms with Crippen LogP contribution in [0.4, 0.5) is 0 Å². The van der Waals surface area contributed by atoms with Crippen LogP contribution in [-0.4, -0.2) is 15.8 Å². The van der Waals surface area contributed by atoms with Crippen LogP contribution in [0.5, 0.6) is 0 Å². The van der Waals surface area contributed by atoms with Crippen molar-refractivity contribution in [3.05, 3.63) is 87.1 Å². The van der Waals surface area contributed by atoms with E-state index < -0.39 is 0 Å². The molecule has 1 heterocycles. The van der Waals surface area contributed by atoms with Gasteiger partial charge in [-0.05, 0) is 30.0 Å². The molecule has 1 aromatic heterocycles. The van der Waals surface area contributed by atoms with E-state index in [0.717, 1.165) is 29.5 Å². The van der Waals surface area contributed by atoms with Crippen LogP contribution in [0.1, 0.15) is 52.8 Å². The van der Waals surface area contributed by atoms with Crippen LogP contribution in [0, 0.1) is 18.3 Å². The van der Waals surface area contributed by atoms with Crippen LogP contribution < -0.4 is 5.56 Å². The molecular weight excluding hydrogens is 362 g/mol. The number of aromatic nitrogens is 2. The highest BCUT2D eigenvalue weighted by Crippen LogP contribution is 2.26. The fraction of sp³-hybridized carbons (Fsp3) is 0.250. The van der Waals surface area contributed by atoms with Gasteiger partial charge in [-0.3, -0.25) is 14.2 Å². The maximum absolute atomic E-state index is 13.0. The number of unbranched alkanes of at least 4 members (excludes halogenated alkanes) is 1. The molecule has 0 aliphatic carbocycles. The SMILES string of the molecule is CCCCc1nc(C)c(C=O)c(=O)n1Cc1cccc(-c2ccccc2)c1C#N. The zero-order valence-corrected chi connectivity index (χ0v) is 16.7. The smallest absolute Gasteiger partial charge is 0.264 e. The van der Waals surface area contributed by atoms with E-state index in [4.69, 9.17) is 0 Å². The number of nitrogens with zero attached hydrogens (tertiary/aromatic N) is 3. The number of rotatable bonds is 7. The van der Waals surface area contributed by atoms with E-state index in [-0.39, 0.29) is 17.7 Å². The molecule has 0 amide bonds. The molecule has 0 spiro atoms. The number of nitriles is 1. The highest BCUT2D eigenvalue weighted by molar-refractivity contribution is 5.75. The van der Waals surface area contributed by atoms with Crippen molar-refractivity contribution in [3.63, 3.8) is 0 Å². The van der Waals surface area contributed by atoms with Gasteiger partial charge in [0.2, 0.25) is 0 Å². The number of hydrogen-bond acceptors (Lipinski definition) is 4. The van der Waals surface area contributed by atoms with Crippen molar-refractivity contribution in [1.29, 1.82) is 5.26 Å². The molecule has 0 unspecified atom stereocenters. The minimum absolute atomic E-state index is 0.0722. The zero-order chi connectivity index (χ0) is 20.8. The maximum Gasteiger partial charge on any atom is 0.264 e. The Kier molecular flexibility index (Phi) is 6.36. The van der Waals surface area contributed by atoms with Crippen LogP contribution in [0.3, 0.4) is 0 Å². The largest absolute Gasteiger partial charge is 0.298 e. The maximum atomic E-state index is 13.0. The van der Waals surface area contributed by atoms with Gasteiger partial charge in [0, 0.05) is 6.42 Å². The molecule has 3 aromatic rings. The van der Waals surface area contributed by atoms with Crippen molar-refractivity contribution in [2.45, 2.75) is 39.7 Å². The molecule has 5 heteroatoms. The van der Waals surface area contributed by atoms with Gasteiger partial charge in [0.05, 0.1) is 17.8 Å². The molecule has 0 saturated heterocycles. The van der Waals surface area contributed by atoms with Gasteiger partial charge in [0.15, 0.2) is 6.29 Å². The zero-order valence-electron chi connectivity index (χ0n) is 16.7. The van der Waals surface area contributed by atoms with Crippen molar-refractivity contribution in [2.75, 3.05) is 0 Å². The van der Waals surface area contributed by atoms with Crippen molar-refractivity contribution in [3.8, 4) is 17.2 Å². The summed E-state index contributed by atoms with van der Waals surface area (Å²) in [5.74, 6) is 0.647. The van der Waals surface area contributed by atoms with E-state index >= 15 is 0 Å². The fourth-order valence-corrected chi connectivity index (χ4v) is 3.45. The normalized spacial score (nSPS) is 10.5. The minimum atomic E-state index is -0.354. The Morgan fingerprint density at radius 2 is 1.90 bits per heavy atom. The molecule has 2 aromatic carbocycles. The first kappa shape index (κ1) is 20.2. The van der Waals surface area contributed by atoms with E-state index in [0.29, 0.717) is 29.8 Å². The van der Waals surface area contributed by atoms with Crippen LogP contribution in [0.25, 0.3) is 11.1 Å². The van der Waals surface area contributed by atoms with Crippen molar-refractivity contribution < 1.29 is 4.79 Å². The Morgan fingerprint density at radius 3 is 2.55 bits per heavy atom. The standard InChI is InChI=1S/C24H23N3O2/c1-3-4-13-23-26-17(2)22(16-28)24(29)27(23)15-19-11-8-12-20(21(19)14-25)18-9-6-5-7-10-18/h5-12,16H,3-4,13,15H2,1-2H3. The lowest BCUT2D eigenvalue weighted by Crippen LogP contribution is -2.30. The van der Waals surface area contributed by atoms with E-state index in [2.05, 4.69) is 18.0 Å². The Labute approximate surface area is 170 Å². The first-order valence-corrected chi connectivity index (χ1v) is 9.73. The number of benzene rings is 2. The molecule has 0 saturated carbocycles. The summed E-state index contributed by atoms with van der Waals surface area (Å²) in [5, 5.41) is 9.85. The molecule has 0 aliphatic rings. The second-order valence-electron chi connectivity index (χ2n) is 6.96. The summed E-state index contributed by atoms with van der Waals surface area (Å²) < 4.78 is 1.54. The number of carbonyl (C=O) groups excluding carboxylic acids is 1. The summed E-state index contributed by atoms with van der Waals surface area (Å²) in [5.41, 5.74) is 3.20. The average Bonchev–Trinajstić information content (AvgIpc) is 2.75. The van der Waals surface area contributed by atoms with Crippen LogP contribution in [0.2, 0.25) is 0 Å². The van der Waals surface area contributed by atoms with E-state index in [1.807, 2.05) is 48.5 Å². The summed E-state index contributed by atoms with van der Waals surface area (Å²) in [6.07, 6.45) is 3.07. The molecule has 0 aliphatic heterocycles. The third-order valence-corrected chi connectivity index (χ3v) is 5.02. The van der Waals surface area contributed by atoms with Gasteiger partial charge in [0.25, 0.3) is 5.56 Å². The molecule has 0 N–H and O–H groups in total. The predicted octanol–water partition coefficient (Wildman–Crippen LogP) is 4.29. The lowest BCUT2D eigenvalue weighted by Gasteiger charge is -2.16. The molecule has 0 atom stereocenters. The van der Waals surface area contributed by atoms with E-state index in [9.17, 15) is 14.9 Å². The predicted molar refractivity (Wildman–Crippen MR) is 113 cm³/mol. The molecule has 146 valence electrons. The van der Waals surface area contributed by atoms with Gasteiger partial charge in [0.1, 0.15) is 17.5 Å². The molecule has 5 nitrogen and oxygen atoms in total. The molecule has 29 heavy (non-hydrogen) atoms. The van der Waals surface area contributed by atoms with Gasteiger partial charge in [-0.2, -0.15) is 5.26 Å². The first-order valence-electron chi connectivity index (χ1n) is 9.73. The summed E-state index contributed by atoms with van der Waals surface area (Å²) in [4.78, 5) is 28.9. The van der Waals surface area contributed by atoms with Gasteiger partial charge in [-0.1, -0.05) is 61.9 Å². The Hall–Kier alpha value is -3.52. The number of carbonyl (C=O) groups is 1. The minimum Gasteiger partial charge on any atom is -0.298 e. The third-order valence-electron chi connectivity index (χ3n) is 5.02. The topological polar surface area (TPSA) is 75.8 Å². The van der Waals surface area contributed by atoms with Crippen LogP contribution >= 0.6 is 0 Å². The number of hydrogen-bond donors (Lipinski definition) is 0. The molecule has 0 bridgehead atoms. The molecule has 3 rings (SSSR count). The Balaban J connectivity index is 2.14.